The Kier molecular flexibility index (Phi) is 3.67. The van der Waals surface area contributed by atoms with Crippen molar-refractivity contribution in [1.29, 1.82) is 0 Å². The molecule has 3 aromatic rings. The van der Waals surface area contributed by atoms with Crippen LogP contribution in [0.1, 0.15) is 40.7 Å². The Morgan fingerprint density at radius 3 is 2.76 bits per heavy atom. The molecule has 0 saturated heterocycles. The van der Waals surface area contributed by atoms with Gasteiger partial charge in [0, 0.05) is 18.0 Å². The molecule has 1 aliphatic rings. The quantitative estimate of drug-likeness (QED) is 0.772. The minimum Gasteiger partial charge on any atom is -0.294 e. The molecule has 0 bridgehead atoms. The van der Waals surface area contributed by atoms with E-state index in [0.29, 0.717) is 29.8 Å². The monoisotopic (exact) mass is 333 g/mol. The molecule has 1 aliphatic carbocycles. The highest BCUT2D eigenvalue weighted by atomic mass is 16.1. The molecule has 0 saturated carbocycles. The Bertz CT molecular complexity index is 999. The molecule has 4 rings (SSSR count). The van der Waals surface area contributed by atoms with Gasteiger partial charge in [-0.1, -0.05) is 19.1 Å². The standard InChI is InChI=1S/C19H19N5O/c1-10-4-5-13-12(3)21-19(23-15(13)6-10)24-18-20-9-14-16(22-18)7-11(2)8-17(14)25/h4-6,9,11H,7-8H2,1-3H3,(H,20,21,22,23,24)/t11-/m1/s1. The molecule has 25 heavy (non-hydrogen) atoms. The van der Waals surface area contributed by atoms with Crippen molar-refractivity contribution in [3.8, 4) is 0 Å². The van der Waals surface area contributed by atoms with Gasteiger partial charge in [-0.15, -0.1) is 0 Å². The average molecular weight is 333 g/mol. The summed E-state index contributed by atoms with van der Waals surface area (Å²) < 4.78 is 0. The van der Waals surface area contributed by atoms with Crippen LogP contribution in [0.2, 0.25) is 0 Å². The SMILES string of the molecule is Cc1ccc2c(C)nc(Nc3ncc4c(n3)C[C@@H](C)CC4=O)nc2c1. The Hall–Kier alpha value is -2.89. The number of carbonyl (C=O) groups excluding carboxylic acids is 1. The molecule has 0 aliphatic heterocycles. The van der Waals surface area contributed by atoms with Crippen molar-refractivity contribution < 1.29 is 4.79 Å². The van der Waals surface area contributed by atoms with Gasteiger partial charge in [0.2, 0.25) is 11.9 Å². The Labute approximate surface area is 145 Å². The fraction of sp³-hybridized carbons (Fsp3) is 0.316. The number of hydrogen-bond donors (Lipinski definition) is 1. The second-order valence-electron chi connectivity index (χ2n) is 6.77. The molecule has 1 atom stereocenters. The predicted molar refractivity (Wildman–Crippen MR) is 96.1 cm³/mol. The number of anilines is 2. The van der Waals surface area contributed by atoms with E-state index in [4.69, 9.17) is 0 Å². The third-order valence-electron chi connectivity index (χ3n) is 4.51. The van der Waals surface area contributed by atoms with Gasteiger partial charge in [0.15, 0.2) is 5.78 Å². The number of nitrogens with one attached hydrogen (secondary N) is 1. The molecule has 6 heteroatoms. The van der Waals surface area contributed by atoms with Gasteiger partial charge in [-0.25, -0.2) is 19.9 Å². The lowest BCUT2D eigenvalue weighted by Crippen LogP contribution is -2.20. The highest BCUT2D eigenvalue weighted by Gasteiger charge is 2.24. The summed E-state index contributed by atoms with van der Waals surface area (Å²) in [6, 6.07) is 6.12. The number of benzene rings is 1. The van der Waals surface area contributed by atoms with E-state index < -0.39 is 0 Å². The summed E-state index contributed by atoms with van der Waals surface area (Å²) in [5.41, 5.74) is 4.37. The molecule has 0 radical (unpaired) electrons. The van der Waals surface area contributed by atoms with Gasteiger partial charge in [0.05, 0.1) is 22.5 Å². The number of ketones is 1. The maximum Gasteiger partial charge on any atom is 0.230 e. The van der Waals surface area contributed by atoms with E-state index in [0.717, 1.165) is 34.3 Å². The summed E-state index contributed by atoms with van der Waals surface area (Å²) in [5, 5.41) is 4.11. The molecule has 0 amide bonds. The van der Waals surface area contributed by atoms with Crippen LogP contribution in [0.25, 0.3) is 10.9 Å². The first kappa shape index (κ1) is 15.6. The summed E-state index contributed by atoms with van der Waals surface area (Å²) >= 11 is 0. The molecular formula is C19H19N5O. The Morgan fingerprint density at radius 1 is 1.08 bits per heavy atom. The molecule has 0 unspecified atom stereocenters. The van der Waals surface area contributed by atoms with Crippen molar-refractivity contribution in [2.45, 2.75) is 33.6 Å². The van der Waals surface area contributed by atoms with Crippen LogP contribution in [0, 0.1) is 19.8 Å². The van der Waals surface area contributed by atoms with E-state index in [9.17, 15) is 4.79 Å². The van der Waals surface area contributed by atoms with Crippen LogP contribution in [0.5, 0.6) is 0 Å². The van der Waals surface area contributed by atoms with Crippen molar-refractivity contribution in [2.75, 3.05) is 5.32 Å². The fourth-order valence-corrected chi connectivity index (χ4v) is 3.25. The van der Waals surface area contributed by atoms with Crippen LogP contribution >= 0.6 is 0 Å². The minimum absolute atomic E-state index is 0.119. The Balaban J connectivity index is 1.70. The number of aryl methyl sites for hydroxylation is 2. The smallest absolute Gasteiger partial charge is 0.230 e. The molecule has 0 spiro atoms. The van der Waals surface area contributed by atoms with Crippen molar-refractivity contribution >= 4 is 28.6 Å². The summed E-state index contributed by atoms with van der Waals surface area (Å²) in [7, 11) is 0. The number of hydrogen-bond acceptors (Lipinski definition) is 6. The number of Topliss-reactive ketones (excluding diaryl/α,β-unsaturated/α-hetero) is 1. The van der Waals surface area contributed by atoms with Crippen LogP contribution in [0.3, 0.4) is 0 Å². The lowest BCUT2D eigenvalue weighted by molar-refractivity contribution is 0.0951. The van der Waals surface area contributed by atoms with Gasteiger partial charge in [-0.3, -0.25) is 10.1 Å². The highest BCUT2D eigenvalue weighted by Crippen LogP contribution is 2.25. The second-order valence-corrected chi connectivity index (χ2v) is 6.77. The molecule has 6 nitrogen and oxygen atoms in total. The first-order valence-electron chi connectivity index (χ1n) is 8.41. The van der Waals surface area contributed by atoms with Gasteiger partial charge in [0.1, 0.15) is 0 Å². The van der Waals surface area contributed by atoms with Crippen LogP contribution in [-0.2, 0) is 6.42 Å². The third kappa shape index (κ3) is 2.95. The zero-order valence-electron chi connectivity index (χ0n) is 14.5. The average Bonchev–Trinajstić information content (AvgIpc) is 2.53. The highest BCUT2D eigenvalue weighted by molar-refractivity contribution is 5.98. The van der Waals surface area contributed by atoms with E-state index in [2.05, 4.69) is 38.2 Å². The van der Waals surface area contributed by atoms with Crippen LogP contribution < -0.4 is 5.32 Å². The first-order chi connectivity index (χ1) is 12.0. The molecule has 2 heterocycles. The maximum absolute atomic E-state index is 12.1. The predicted octanol–water partition coefficient (Wildman–Crippen LogP) is 3.55. The van der Waals surface area contributed by atoms with Gasteiger partial charge in [-0.2, -0.15) is 0 Å². The minimum atomic E-state index is 0.119. The van der Waals surface area contributed by atoms with Crippen molar-refractivity contribution in [2.24, 2.45) is 5.92 Å². The van der Waals surface area contributed by atoms with Gasteiger partial charge in [-0.05, 0) is 37.8 Å². The number of aromatic nitrogens is 4. The second kappa shape index (κ2) is 5.88. The zero-order chi connectivity index (χ0) is 17.6. The molecule has 2 aromatic heterocycles. The summed E-state index contributed by atoms with van der Waals surface area (Å²) in [6.45, 7) is 6.06. The van der Waals surface area contributed by atoms with Crippen LogP contribution in [0.15, 0.2) is 24.4 Å². The molecule has 0 fully saturated rings. The third-order valence-corrected chi connectivity index (χ3v) is 4.51. The lowest BCUT2D eigenvalue weighted by atomic mass is 9.88. The largest absolute Gasteiger partial charge is 0.294 e. The number of rotatable bonds is 2. The van der Waals surface area contributed by atoms with Crippen LogP contribution in [-0.4, -0.2) is 25.7 Å². The number of fused-ring (bicyclic) bond motifs is 2. The van der Waals surface area contributed by atoms with Crippen molar-refractivity contribution in [1.82, 2.24) is 19.9 Å². The first-order valence-corrected chi connectivity index (χ1v) is 8.41. The number of nitrogens with zero attached hydrogens (tertiary/aromatic N) is 4. The van der Waals surface area contributed by atoms with Crippen molar-refractivity contribution in [3.05, 3.63) is 46.9 Å². The molecular weight excluding hydrogens is 314 g/mol. The van der Waals surface area contributed by atoms with E-state index >= 15 is 0 Å². The molecule has 1 aromatic carbocycles. The van der Waals surface area contributed by atoms with E-state index in [1.54, 1.807) is 6.20 Å². The van der Waals surface area contributed by atoms with Crippen molar-refractivity contribution in [3.63, 3.8) is 0 Å². The van der Waals surface area contributed by atoms with Gasteiger partial charge in [0.25, 0.3) is 0 Å². The fourth-order valence-electron chi connectivity index (χ4n) is 3.25. The molecule has 126 valence electrons. The topological polar surface area (TPSA) is 80.7 Å². The summed E-state index contributed by atoms with van der Waals surface area (Å²) in [4.78, 5) is 29.9. The van der Waals surface area contributed by atoms with Gasteiger partial charge < -0.3 is 0 Å². The normalized spacial score (nSPS) is 16.8. The van der Waals surface area contributed by atoms with Gasteiger partial charge >= 0.3 is 0 Å². The van der Waals surface area contributed by atoms with E-state index in [1.807, 2.05) is 26.0 Å². The Morgan fingerprint density at radius 2 is 1.92 bits per heavy atom. The lowest BCUT2D eigenvalue weighted by Gasteiger charge is -2.19. The maximum atomic E-state index is 12.1. The van der Waals surface area contributed by atoms with E-state index in [-0.39, 0.29) is 5.78 Å². The van der Waals surface area contributed by atoms with Crippen LogP contribution in [0.4, 0.5) is 11.9 Å². The summed E-state index contributed by atoms with van der Waals surface area (Å²) in [5.74, 6) is 1.32. The number of carbonyl (C=O) groups is 1. The zero-order valence-corrected chi connectivity index (χ0v) is 14.5. The summed E-state index contributed by atoms with van der Waals surface area (Å²) in [6.07, 6.45) is 2.96. The molecule has 1 N–H and O–H groups in total. The van der Waals surface area contributed by atoms with E-state index in [1.165, 1.54) is 0 Å².